The molecule has 0 unspecified atom stereocenters. The molecule has 22 heavy (non-hydrogen) atoms. The molecule has 0 aromatic carbocycles. The first-order valence-corrected chi connectivity index (χ1v) is 8.96. The predicted molar refractivity (Wildman–Crippen MR) is 92.0 cm³/mol. The first-order chi connectivity index (χ1) is 10.5. The number of rotatable bonds is 6. The number of carbonyl (C=O) groups excluding carboxylic acids is 1. The summed E-state index contributed by atoms with van der Waals surface area (Å²) >= 11 is 3.39. The molecule has 0 aliphatic heterocycles. The Labute approximate surface area is 139 Å². The zero-order valence-electron chi connectivity index (χ0n) is 13.4. The summed E-state index contributed by atoms with van der Waals surface area (Å²) in [5.41, 5.74) is 2.15. The zero-order valence-corrected chi connectivity index (χ0v) is 15.1. The number of aromatic nitrogens is 2. The van der Waals surface area contributed by atoms with Gasteiger partial charge in [-0.3, -0.25) is 0 Å². The van der Waals surface area contributed by atoms with Gasteiger partial charge in [0.05, 0.1) is 21.4 Å². The highest BCUT2D eigenvalue weighted by atomic mass is 32.1. The minimum absolute atomic E-state index is 0.121. The maximum absolute atomic E-state index is 11.7. The largest absolute Gasteiger partial charge is 0.338 e. The zero-order chi connectivity index (χ0) is 16.1. The van der Waals surface area contributed by atoms with Crippen molar-refractivity contribution in [3.63, 3.8) is 0 Å². The van der Waals surface area contributed by atoms with Gasteiger partial charge >= 0.3 is 6.03 Å². The molecule has 2 aromatic heterocycles. The Hall–Kier alpha value is -1.47. The van der Waals surface area contributed by atoms with E-state index in [4.69, 9.17) is 0 Å². The summed E-state index contributed by atoms with van der Waals surface area (Å²) in [6.45, 7) is 9.33. The van der Waals surface area contributed by atoms with Gasteiger partial charge in [-0.2, -0.15) is 0 Å². The van der Waals surface area contributed by atoms with E-state index in [1.54, 1.807) is 22.7 Å². The van der Waals surface area contributed by atoms with Crippen molar-refractivity contribution >= 4 is 28.7 Å². The number of aryl methyl sites for hydroxylation is 4. The lowest BCUT2D eigenvalue weighted by Crippen LogP contribution is -2.37. The molecule has 2 N–H and O–H groups in total. The molecular weight excluding hydrogens is 316 g/mol. The maximum Gasteiger partial charge on any atom is 0.314 e. The van der Waals surface area contributed by atoms with Gasteiger partial charge in [0.2, 0.25) is 0 Å². The van der Waals surface area contributed by atoms with Gasteiger partial charge in [0.1, 0.15) is 0 Å². The van der Waals surface area contributed by atoms with Crippen LogP contribution >= 0.6 is 22.7 Å². The van der Waals surface area contributed by atoms with E-state index in [9.17, 15) is 4.79 Å². The van der Waals surface area contributed by atoms with Gasteiger partial charge in [0.25, 0.3) is 0 Å². The lowest BCUT2D eigenvalue weighted by atomic mass is 10.3. The van der Waals surface area contributed by atoms with Crippen LogP contribution in [0.25, 0.3) is 0 Å². The van der Waals surface area contributed by atoms with E-state index in [2.05, 4.69) is 27.5 Å². The van der Waals surface area contributed by atoms with Crippen LogP contribution in [-0.2, 0) is 12.8 Å². The van der Waals surface area contributed by atoms with Crippen LogP contribution in [0.2, 0.25) is 0 Å². The van der Waals surface area contributed by atoms with Gasteiger partial charge in [0.15, 0.2) is 0 Å². The molecule has 0 bridgehead atoms. The number of nitrogens with zero attached hydrogens (tertiary/aromatic N) is 2. The number of nitrogens with one attached hydrogen (secondary N) is 2. The number of thiazole rings is 2. The first-order valence-electron chi connectivity index (χ1n) is 7.33. The van der Waals surface area contributed by atoms with E-state index in [0.717, 1.165) is 34.2 Å². The van der Waals surface area contributed by atoms with E-state index in [1.165, 1.54) is 9.75 Å². The predicted octanol–water partition coefficient (Wildman–Crippen LogP) is 2.92. The van der Waals surface area contributed by atoms with E-state index in [0.29, 0.717) is 13.1 Å². The summed E-state index contributed by atoms with van der Waals surface area (Å²) in [6.07, 6.45) is 1.61. The normalized spacial score (nSPS) is 10.7. The molecule has 0 saturated carbocycles. The third-order valence-electron chi connectivity index (χ3n) is 3.33. The molecule has 7 heteroatoms. The van der Waals surface area contributed by atoms with Crippen molar-refractivity contribution in [2.45, 2.75) is 40.5 Å². The Kier molecular flexibility index (Phi) is 5.90. The number of hydrogen-bond acceptors (Lipinski definition) is 5. The van der Waals surface area contributed by atoms with Crippen molar-refractivity contribution in [3.05, 3.63) is 31.2 Å². The SMILES string of the molecule is Cc1nc(C)c(CCNC(=O)NCCc2nc(C)c(C)s2)s1. The summed E-state index contributed by atoms with van der Waals surface area (Å²) in [4.78, 5) is 23.1. The second kappa shape index (κ2) is 7.69. The maximum atomic E-state index is 11.7. The highest BCUT2D eigenvalue weighted by Gasteiger charge is 2.07. The molecule has 2 heterocycles. The van der Waals surface area contributed by atoms with Crippen LogP contribution in [0.5, 0.6) is 0 Å². The highest BCUT2D eigenvalue weighted by molar-refractivity contribution is 7.11. The van der Waals surface area contributed by atoms with Crippen LogP contribution in [0.15, 0.2) is 0 Å². The number of amides is 2. The summed E-state index contributed by atoms with van der Waals surface area (Å²) in [6, 6.07) is -0.121. The van der Waals surface area contributed by atoms with Crippen molar-refractivity contribution in [1.29, 1.82) is 0 Å². The molecule has 120 valence electrons. The second-order valence-electron chi connectivity index (χ2n) is 5.17. The quantitative estimate of drug-likeness (QED) is 0.851. The van der Waals surface area contributed by atoms with Gasteiger partial charge in [-0.25, -0.2) is 14.8 Å². The smallest absolute Gasteiger partial charge is 0.314 e. The Morgan fingerprint density at radius 3 is 2.18 bits per heavy atom. The van der Waals surface area contributed by atoms with E-state index in [-0.39, 0.29) is 6.03 Å². The average Bonchev–Trinajstić information content (AvgIpc) is 2.92. The van der Waals surface area contributed by atoms with Crippen LogP contribution in [0.1, 0.15) is 31.2 Å². The fraction of sp³-hybridized carbons (Fsp3) is 0.533. The number of carbonyl (C=O) groups is 1. The second-order valence-corrected chi connectivity index (χ2v) is 7.75. The molecule has 0 saturated heterocycles. The van der Waals surface area contributed by atoms with Gasteiger partial charge in [-0.1, -0.05) is 0 Å². The molecular formula is C15H22N4OS2. The molecule has 2 amide bonds. The summed E-state index contributed by atoms with van der Waals surface area (Å²) in [7, 11) is 0. The van der Waals surface area contributed by atoms with Gasteiger partial charge in [0, 0.05) is 35.7 Å². The lowest BCUT2D eigenvalue weighted by Gasteiger charge is -2.06. The molecule has 2 rings (SSSR count). The Balaban J connectivity index is 1.64. The average molecular weight is 339 g/mol. The van der Waals surface area contributed by atoms with E-state index >= 15 is 0 Å². The van der Waals surface area contributed by atoms with Crippen LogP contribution < -0.4 is 10.6 Å². The fourth-order valence-corrected chi connectivity index (χ4v) is 3.96. The molecule has 0 aliphatic rings. The molecule has 0 atom stereocenters. The van der Waals surface area contributed by atoms with Crippen LogP contribution in [0, 0.1) is 27.7 Å². The number of hydrogen-bond donors (Lipinski definition) is 2. The Morgan fingerprint density at radius 1 is 0.955 bits per heavy atom. The highest BCUT2D eigenvalue weighted by Crippen LogP contribution is 2.17. The molecule has 0 fully saturated rings. The van der Waals surface area contributed by atoms with E-state index in [1.807, 2.05) is 20.8 Å². The fourth-order valence-electron chi connectivity index (χ4n) is 2.09. The van der Waals surface area contributed by atoms with Crippen molar-refractivity contribution in [2.75, 3.05) is 13.1 Å². The van der Waals surface area contributed by atoms with Crippen molar-refractivity contribution < 1.29 is 4.79 Å². The van der Waals surface area contributed by atoms with E-state index < -0.39 is 0 Å². The van der Waals surface area contributed by atoms with Gasteiger partial charge < -0.3 is 10.6 Å². The standard InChI is InChI=1S/C15H22N4OS2/c1-9-11(3)21-14(19-9)6-8-17-15(20)16-7-5-13-10(2)18-12(4)22-13/h5-8H2,1-4H3,(H2,16,17,20). The molecule has 0 spiro atoms. The molecule has 5 nitrogen and oxygen atoms in total. The molecule has 2 aromatic rings. The lowest BCUT2D eigenvalue weighted by molar-refractivity contribution is 0.241. The van der Waals surface area contributed by atoms with Crippen molar-refractivity contribution in [1.82, 2.24) is 20.6 Å². The Morgan fingerprint density at radius 2 is 1.64 bits per heavy atom. The van der Waals surface area contributed by atoms with Crippen LogP contribution in [-0.4, -0.2) is 29.1 Å². The molecule has 0 aliphatic carbocycles. The first kappa shape index (κ1) is 16.9. The van der Waals surface area contributed by atoms with Gasteiger partial charge in [-0.15, -0.1) is 22.7 Å². The van der Waals surface area contributed by atoms with Crippen LogP contribution in [0.3, 0.4) is 0 Å². The van der Waals surface area contributed by atoms with Crippen LogP contribution in [0.4, 0.5) is 4.79 Å². The summed E-state index contributed by atoms with van der Waals surface area (Å²) in [5, 5.41) is 7.90. The third-order valence-corrected chi connectivity index (χ3v) is 5.60. The number of urea groups is 1. The summed E-state index contributed by atoms with van der Waals surface area (Å²) < 4.78 is 0. The summed E-state index contributed by atoms with van der Waals surface area (Å²) in [5.74, 6) is 0. The minimum Gasteiger partial charge on any atom is -0.338 e. The Bertz CT molecular complexity index is 629. The van der Waals surface area contributed by atoms with Crippen molar-refractivity contribution in [2.24, 2.45) is 0 Å². The van der Waals surface area contributed by atoms with Gasteiger partial charge in [-0.05, 0) is 27.7 Å². The van der Waals surface area contributed by atoms with Crippen molar-refractivity contribution in [3.8, 4) is 0 Å². The molecule has 0 radical (unpaired) electrons. The monoisotopic (exact) mass is 338 g/mol. The minimum atomic E-state index is -0.121. The topological polar surface area (TPSA) is 66.9 Å². The third kappa shape index (κ3) is 4.78.